The molecule has 1 amide bonds. The van der Waals surface area contributed by atoms with E-state index >= 15 is 0 Å². The Bertz CT molecular complexity index is 1230. The molecule has 10 nitrogen and oxygen atoms in total. The largest absolute Gasteiger partial charge is 0.493 e. The molecule has 0 radical (unpaired) electrons. The zero-order valence-electron chi connectivity index (χ0n) is 23.0. The highest BCUT2D eigenvalue weighted by Crippen LogP contribution is 2.49. The minimum atomic E-state index is -0.646. The van der Waals surface area contributed by atoms with Crippen LogP contribution in [0.3, 0.4) is 0 Å². The van der Waals surface area contributed by atoms with E-state index in [2.05, 4.69) is 0 Å². The number of thioether (sulfide) groups is 1. The van der Waals surface area contributed by atoms with Crippen LogP contribution < -0.4 is 9.47 Å². The van der Waals surface area contributed by atoms with E-state index in [1.54, 1.807) is 32.1 Å². The summed E-state index contributed by atoms with van der Waals surface area (Å²) in [5.74, 6) is -0.177. The lowest BCUT2D eigenvalue weighted by Gasteiger charge is -2.38. The van der Waals surface area contributed by atoms with Gasteiger partial charge in [-0.1, -0.05) is 30.8 Å². The number of hydrogen-bond donors (Lipinski definition) is 0. The first-order valence-corrected chi connectivity index (χ1v) is 14.0. The van der Waals surface area contributed by atoms with E-state index in [1.165, 1.54) is 18.9 Å². The van der Waals surface area contributed by atoms with E-state index in [0.717, 1.165) is 6.42 Å². The van der Waals surface area contributed by atoms with Crippen LogP contribution in [0.1, 0.15) is 51.1 Å². The molecule has 1 saturated heterocycles. The fraction of sp³-hybridized carbons (Fsp3) is 0.500. The smallest absolute Gasteiger partial charge is 0.338 e. The number of methoxy groups -OCH3 is 3. The Morgan fingerprint density at radius 1 is 1.13 bits per heavy atom. The molecule has 3 aliphatic rings. The van der Waals surface area contributed by atoms with E-state index in [1.807, 2.05) is 29.4 Å². The highest BCUT2D eigenvalue weighted by molar-refractivity contribution is 8.16. The van der Waals surface area contributed by atoms with Gasteiger partial charge in [-0.25, -0.2) is 9.79 Å². The van der Waals surface area contributed by atoms with E-state index in [9.17, 15) is 14.4 Å². The van der Waals surface area contributed by atoms with Crippen molar-refractivity contribution in [2.45, 2.75) is 45.6 Å². The molecule has 1 aromatic rings. The Kier molecular flexibility index (Phi) is 9.21. The first kappa shape index (κ1) is 28.5. The molecule has 2 atom stereocenters. The van der Waals surface area contributed by atoms with Crippen molar-refractivity contribution in [3.8, 4) is 11.5 Å². The second-order valence-electron chi connectivity index (χ2n) is 9.29. The van der Waals surface area contributed by atoms with Gasteiger partial charge in [-0.3, -0.25) is 9.59 Å². The van der Waals surface area contributed by atoms with Crippen LogP contribution in [0.4, 0.5) is 0 Å². The van der Waals surface area contributed by atoms with Crippen molar-refractivity contribution in [3.05, 3.63) is 46.1 Å². The lowest BCUT2D eigenvalue weighted by molar-refractivity contribution is -0.151. The van der Waals surface area contributed by atoms with Gasteiger partial charge in [0, 0.05) is 24.4 Å². The van der Waals surface area contributed by atoms with Crippen molar-refractivity contribution >= 4 is 34.8 Å². The van der Waals surface area contributed by atoms with E-state index < -0.39 is 12.0 Å². The summed E-state index contributed by atoms with van der Waals surface area (Å²) >= 11 is 1.41. The Morgan fingerprint density at radius 2 is 1.92 bits per heavy atom. The number of nitrogens with zero attached hydrogens (tertiary/aromatic N) is 3. The average molecular weight is 558 g/mol. The number of para-hydroxylation sites is 1. The molecule has 0 saturated carbocycles. The summed E-state index contributed by atoms with van der Waals surface area (Å²) in [6.07, 6.45) is 2.04. The molecular weight excluding hydrogens is 522 g/mol. The number of amides is 1. The summed E-state index contributed by atoms with van der Waals surface area (Å²) in [5, 5.41) is 2.57. The third-order valence-electron chi connectivity index (χ3n) is 7.08. The van der Waals surface area contributed by atoms with Crippen LogP contribution in [0, 0.1) is 5.92 Å². The summed E-state index contributed by atoms with van der Waals surface area (Å²) in [6.45, 7) is 4.94. The molecule has 0 N–H and O–H groups in total. The Hall–Kier alpha value is -3.47. The van der Waals surface area contributed by atoms with Gasteiger partial charge in [0.2, 0.25) is 5.91 Å². The minimum Gasteiger partial charge on any atom is -0.493 e. The number of fused-ring (bicyclic) bond motifs is 1. The SMILES string of the molecule is CCOC(=O)C1CCCN(C(=O)CC2=CSC3=NC(CC)=C(C(=O)OC)C(c4cccc(OC)c4OC)N23)C1. The number of rotatable bonds is 9. The second-order valence-corrected chi connectivity index (χ2v) is 10.1. The molecule has 39 heavy (non-hydrogen) atoms. The Balaban J connectivity index is 1.70. The van der Waals surface area contributed by atoms with E-state index in [4.69, 9.17) is 23.9 Å². The van der Waals surface area contributed by atoms with E-state index in [-0.39, 0.29) is 24.2 Å². The number of benzene rings is 1. The second kappa shape index (κ2) is 12.6. The summed E-state index contributed by atoms with van der Waals surface area (Å²) in [6, 6.07) is 4.86. The van der Waals surface area contributed by atoms with Gasteiger partial charge in [0.25, 0.3) is 0 Å². The van der Waals surface area contributed by atoms with Crippen LogP contribution in [-0.4, -0.2) is 73.8 Å². The third kappa shape index (κ3) is 5.63. The fourth-order valence-electron chi connectivity index (χ4n) is 5.26. The zero-order valence-corrected chi connectivity index (χ0v) is 23.8. The van der Waals surface area contributed by atoms with Crippen molar-refractivity contribution in [1.82, 2.24) is 9.80 Å². The summed E-state index contributed by atoms with van der Waals surface area (Å²) in [5.41, 5.74) is 2.39. The number of carbonyl (C=O) groups excluding carboxylic acids is 3. The molecule has 3 aliphatic heterocycles. The van der Waals surface area contributed by atoms with Crippen molar-refractivity contribution in [2.24, 2.45) is 10.9 Å². The van der Waals surface area contributed by atoms with Crippen LogP contribution >= 0.6 is 11.8 Å². The van der Waals surface area contributed by atoms with Crippen molar-refractivity contribution < 1.29 is 33.3 Å². The first-order valence-electron chi connectivity index (χ1n) is 13.1. The number of aliphatic imine (C=N–C) groups is 1. The lowest BCUT2D eigenvalue weighted by Crippen LogP contribution is -2.44. The highest BCUT2D eigenvalue weighted by Gasteiger charge is 2.43. The third-order valence-corrected chi connectivity index (χ3v) is 7.97. The number of hydrogen-bond acceptors (Lipinski definition) is 10. The normalized spacial score (nSPS) is 20.6. The van der Waals surface area contributed by atoms with Crippen molar-refractivity contribution in [3.63, 3.8) is 0 Å². The molecule has 11 heteroatoms. The molecular formula is C28H35N3O7S. The predicted molar refractivity (Wildman–Crippen MR) is 147 cm³/mol. The van der Waals surface area contributed by atoms with Gasteiger partial charge in [0.15, 0.2) is 16.7 Å². The molecule has 1 fully saturated rings. The van der Waals surface area contributed by atoms with Crippen molar-refractivity contribution in [2.75, 3.05) is 41.0 Å². The molecule has 3 heterocycles. The quantitative estimate of drug-likeness (QED) is 0.416. The minimum absolute atomic E-state index is 0.0836. The van der Waals surface area contributed by atoms with Crippen LogP contribution in [0.2, 0.25) is 0 Å². The van der Waals surface area contributed by atoms with Crippen LogP contribution in [0.25, 0.3) is 0 Å². The maximum absolute atomic E-state index is 13.5. The van der Waals surface area contributed by atoms with Gasteiger partial charge in [-0.2, -0.15) is 0 Å². The maximum atomic E-state index is 13.5. The average Bonchev–Trinajstić information content (AvgIpc) is 3.37. The van der Waals surface area contributed by atoms with Gasteiger partial charge >= 0.3 is 11.9 Å². The number of piperidine rings is 1. The van der Waals surface area contributed by atoms with Gasteiger partial charge < -0.3 is 28.7 Å². The van der Waals surface area contributed by atoms with Gasteiger partial charge in [-0.05, 0) is 37.7 Å². The fourth-order valence-corrected chi connectivity index (χ4v) is 6.19. The van der Waals surface area contributed by atoms with E-state index in [0.29, 0.717) is 71.7 Å². The molecule has 210 valence electrons. The molecule has 0 aliphatic carbocycles. The van der Waals surface area contributed by atoms with Gasteiger partial charge in [0.1, 0.15) is 0 Å². The summed E-state index contributed by atoms with van der Waals surface area (Å²) in [4.78, 5) is 47.5. The van der Waals surface area contributed by atoms with Gasteiger partial charge in [-0.15, -0.1) is 0 Å². The maximum Gasteiger partial charge on any atom is 0.338 e. The Labute approximate surface area is 233 Å². The van der Waals surface area contributed by atoms with Crippen LogP contribution in [-0.2, 0) is 23.9 Å². The molecule has 1 aromatic carbocycles. The van der Waals surface area contributed by atoms with Gasteiger partial charge in [0.05, 0.1) is 57.6 Å². The monoisotopic (exact) mass is 557 g/mol. The summed E-state index contributed by atoms with van der Waals surface area (Å²) < 4.78 is 21.7. The standard InChI is InChI=1S/C28H35N3O7S/c1-6-20-23(27(34)37-5)24(19-11-8-12-21(35-3)25(19)36-4)31-18(16-39-28(31)29-20)14-22(32)30-13-9-10-17(15-30)26(33)38-7-2/h8,11-12,16-17,24H,6-7,9-10,13-15H2,1-5H3. The summed E-state index contributed by atoms with van der Waals surface area (Å²) in [7, 11) is 4.45. The molecule has 0 aromatic heterocycles. The predicted octanol–water partition coefficient (Wildman–Crippen LogP) is 4.03. The zero-order chi connectivity index (χ0) is 28.1. The Morgan fingerprint density at radius 3 is 2.59 bits per heavy atom. The highest BCUT2D eigenvalue weighted by atomic mass is 32.2. The topological polar surface area (TPSA) is 107 Å². The molecule has 0 spiro atoms. The number of carbonyl (C=O) groups is 3. The molecule has 4 rings (SSSR count). The number of ether oxygens (including phenoxy) is 4. The van der Waals surface area contributed by atoms with Crippen LogP contribution in [0.15, 0.2) is 45.6 Å². The lowest BCUT2D eigenvalue weighted by atomic mass is 9.91. The number of esters is 2. The van der Waals surface area contributed by atoms with Crippen LogP contribution in [0.5, 0.6) is 11.5 Å². The van der Waals surface area contributed by atoms with Crippen molar-refractivity contribution in [1.29, 1.82) is 0 Å². The number of amidine groups is 1. The molecule has 2 unspecified atom stereocenters. The number of likely N-dealkylation sites (tertiary alicyclic amines) is 1. The number of allylic oxidation sites excluding steroid dienone is 1. The molecule has 0 bridgehead atoms. The first-order chi connectivity index (χ1) is 18.9.